The summed E-state index contributed by atoms with van der Waals surface area (Å²) in [5.41, 5.74) is 0. The fraction of sp³-hybridized carbons (Fsp3) is 0.909. The average molecular weight is 216 g/mol. The molecule has 0 aromatic heterocycles. The SMILES string of the molecule is COC(C)CNC(C)C(=O)NCC(C)C. The number of ether oxygens (including phenoxy) is 1. The summed E-state index contributed by atoms with van der Waals surface area (Å²) in [6, 6.07) is -0.165. The smallest absolute Gasteiger partial charge is 0.236 e. The summed E-state index contributed by atoms with van der Waals surface area (Å²) >= 11 is 0. The summed E-state index contributed by atoms with van der Waals surface area (Å²) < 4.78 is 5.08. The van der Waals surface area contributed by atoms with Crippen LogP contribution in [0.4, 0.5) is 0 Å². The van der Waals surface area contributed by atoms with Gasteiger partial charge in [0.15, 0.2) is 0 Å². The van der Waals surface area contributed by atoms with Crippen LogP contribution in [0.1, 0.15) is 27.7 Å². The van der Waals surface area contributed by atoms with Crippen molar-refractivity contribution in [1.29, 1.82) is 0 Å². The number of hydrogen-bond donors (Lipinski definition) is 2. The lowest BCUT2D eigenvalue weighted by Crippen LogP contribution is -2.45. The van der Waals surface area contributed by atoms with Gasteiger partial charge in [0, 0.05) is 20.2 Å². The zero-order chi connectivity index (χ0) is 11.8. The Labute approximate surface area is 92.8 Å². The normalized spacial score (nSPS) is 15.1. The number of nitrogens with one attached hydrogen (secondary N) is 2. The van der Waals surface area contributed by atoms with E-state index in [9.17, 15) is 4.79 Å². The minimum absolute atomic E-state index is 0.0482. The van der Waals surface area contributed by atoms with Gasteiger partial charge < -0.3 is 15.4 Å². The molecular formula is C11H24N2O2. The van der Waals surface area contributed by atoms with Crippen molar-refractivity contribution >= 4 is 5.91 Å². The van der Waals surface area contributed by atoms with Crippen LogP contribution in [0.5, 0.6) is 0 Å². The maximum atomic E-state index is 11.5. The molecule has 2 atom stereocenters. The molecule has 0 bridgehead atoms. The first-order valence-corrected chi connectivity index (χ1v) is 5.51. The maximum Gasteiger partial charge on any atom is 0.236 e. The van der Waals surface area contributed by atoms with Gasteiger partial charge in [-0.15, -0.1) is 0 Å². The fourth-order valence-corrected chi connectivity index (χ4v) is 0.977. The highest BCUT2D eigenvalue weighted by atomic mass is 16.5. The Bertz CT molecular complexity index is 183. The monoisotopic (exact) mass is 216 g/mol. The van der Waals surface area contributed by atoms with Crippen LogP contribution in [-0.2, 0) is 9.53 Å². The van der Waals surface area contributed by atoms with Crippen molar-refractivity contribution in [2.75, 3.05) is 20.2 Å². The van der Waals surface area contributed by atoms with Crippen LogP contribution in [0.3, 0.4) is 0 Å². The van der Waals surface area contributed by atoms with E-state index in [0.29, 0.717) is 12.5 Å². The van der Waals surface area contributed by atoms with Gasteiger partial charge in [-0.25, -0.2) is 0 Å². The van der Waals surface area contributed by atoms with Gasteiger partial charge in [0.1, 0.15) is 0 Å². The van der Waals surface area contributed by atoms with E-state index in [2.05, 4.69) is 24.5 Å². The molecule has 0 heterocycles. The van der Waals surface area contributed by atoms with Crippen molar-refractivity contribution in [1.82, 2.24) is 10.6 Å². The van der Waals surface area contributed by atoms with Crippen LogP contribution < -0.4 is 10.6 Å². The first-order valence-electron chi connectivity index (χ1n) is 5.51. The molecular weight excluding hydrogens is 192 g/mol. The third-order valence-corrected chi connectivity index (χ3v) is 2.19. The summed E-state index contributed by atoms with van der Waals surface area (Å²) in [4.78, 5) is 11.5. The van der Waals surface area contributed by atoms with E-state index in [4.69, 9.17) is 4.74 Å². The lowest BCUT2D eigenvalue weighted by atomic mass is 10.2. The van der Waals surface area contributed by atoms with Crippen molar-refractivity contribution in [2.45, 2.75) is 39.8 Å². The van der Waals surface area contributed by atoms with Gasteiger partial charge in [-0.2, -0.15) is 0 Å². The molecule has 4 heteroatoms. The quantitative estimate of drug-likeness (QED) is 0.661. The molecule has 0 aromatic carbocycles. The average Bonchev–Trinajstić information content (AvgIpc) is 2.21. The molecule has 0 fully saturated rings. The Morgan fingerprint density at radius 3 is 2.27 bits per heavy atom. The molecule has 4 nitrogen and oxygen atoms in total. The summed E-state index contributed by atoms with van der Waals surface area (Å²) in [6.45, 7) is 9.39. The number of hydrogen-bond acceptors (Lipinski definition) is 3. The molecule has 1 amide bonds. The molecule has 0 saturated carbocycles. The first kappa shape index (κ1) is 14.4. The van der Waals surface area contributed by atoms with Crippen molar-refractivity contribution < 1.29 is 9.53 Å². The van der Waals surface area contributed by atoms with Gasteiger partial charge >= 0.3 is 0 Å². The Kier molecular flexibility index (Phi) is 7.34. The Balaban J connectivity index is 3.69. The third kappa shape index (κ3) is 7.33. The standard InChI is InChI=1S/C11H24N2O2/c1-8(2)6-13-11(14)10(4)12-7-9(3)15-5/h8-10,12H,6-7H2,1-5H3,(H,13,14). The predicted molar refractivity (Wildman–Crippen MR) is 61.8 cm³/mol. The molecule has 90 valence electrons. The highest BCUT2D eigenvalue weighted by Gasteiger charge is 2.12. The topological polar surface area (TPSA) is 50.4 Å². The Morgan fingerprint density at radius 2 is 1.80 bits per heavy atom. The van der Waals surface area contributed by atoms with E-state index < -0.39 is 0 Å². The second-order valence-corrected chi connectivity index (χ2v) is 4.32. The molecule has 0 aromatic rings. The highest BCUT2D eigenvalue weighted by molar-refractivity contribution is 5.81. The summed E-state index contributed by atoms with van der Waals surface area (Å²) in [5.74, 6) is 0.533. The highest BCUT2D eigenvalue weighted by Crippen LogP contribution is 1.90. The van der Waals surface area contributed by atoms with Gasteiger partial charge in [-0.3, -0.25) is 4.79 Å². The fourth-order valence-electron chi connectivity index (χ4n) is 0.977. The number of methoxy groups -OCH3 is 1. The molecule has 0 radical (unpaired) electrons. The van der Waals surface area contributed by atoms with E-state index >= 15 is 0 Å². The van der Waals surface area contributed by atoms with E-state index in [-0.39, 0.29) is 18.1 Å². The number of rotatable bonds is 7. The van der Waals surface area contributed by atoms with Gasteiger partial charge in [0.2, 0.25) is 5.91 Å². The van der Waals surface area contributed by atoms with Gasteiger partial charge in [-0.05, 0) is 19.8 Å². The Morgan fingerprint density at radius 1 is 1.20 bits per heavy atom. The number of carbonyl (C=O) groups excluding carboxylic acids is 1. The molecule has 2 N–H and O–H groups in total. The number of carbonyl (C=O) groups is 1. The third-order valence-electron chi connectivity index (χ3n) is 2.19. The lowest BCUT2D eigenvalue weighted by Gasteiger charge is -2.17. The molecule has 0 aliphatic carbocycles. The minimum Gasteiger partial charge on any atom is -0.380 e. The van der Waals surface area contributed by atoms with Crippen LogP contribution in [0.15, 0.2) is 0 Å². The molecule has 0 saturated heterocycles. The minimum atomic E-state index is -0.165. The molecule has 0 aliphatic heterocycles. The second kappa shape index (κ2) is 7.65. The van der Waals surface area contributed by atoms with E-state index in [1.807, 2.05) is 13.8 Å². The van der Waals surface area contributed by atoms with Crippen molar-refractivity contribution in [3.05, 3.63) is 0 Å². The summed E-state index contributed by atoms with van der Waals surface area (Å²) in [5, 5.41) is 6.00. The molecule has 0 aliphatic rings. The van der Waals surface area contributed by atoms with Crippen LogP contribution in [0, 0.1) is 5.92 Å². The molecule has 0 spiro atoms. The first-order chi connectivity index (χ1) is 6.97. The van der Waals surface area contributed by atoms with E-state index in [1.165, 1.54) is 0 Å². The number of amides is 1. The summed E-state index contributed by atoms with van der Waals surface area (Å²) in [6.07, 6.45) is 0.130. The van der Waals surface area contributed by atoms with Gasteiger partial charge in [-0.1, -0.05) is 13.8 Å². The summed E-state index contributed by atoms with van der Waals surface area (Å²) in [7, 11) is 1.66. The van der Waals surface area contributed by atoms with Crippen molar-refractivity contribution in [3.63, 3.8) is 0 Å². The van der Waals surface area contributed by atoms with Crippen LogP contribution in [0.2, 0.25) is 0 Å². The van der Waals surface area contributed by atoms with Crippen LogP contribution in [0.25, 0.3) is 0 Å². The van der Waals surface area contributed by atoms with E-state index in [0.717, 1.165) is 6.54 Å². The lowest BCUT2D eigenvalue weighted by molar-refractivity contribution is -0.123. The van der Waals surface area contributed by atoms with Crippen molar-refractivity contribution in [3.8, 4) is 0 Å². The Hall–Kier alpha value is -0.610. The molecule has 2 unspecified atom stereocenters. The second-order valence-electron chi connectivity index (χ2n) is 4.32. The molecule has 15 heavy (non-hydrogen) atoms. The predicted octanol–water partition coefficient (Wildman–Crippen LogP) is 0.772. The molecule has 0 rings (SSSR count). The van der Waals surface area contributed by atoms with Crippen LogP contribution in [-0.4, -0.2) is 38.3 Å². The van der Waals surface area contributed by atoms with Gasteiger partial charge in [0.25, 0.3) is 0 Å². The van der Waals surface area contributed by atoms with Crippen LogP contribution >= 0.6 is 0 Å². The van der Waals surface area contributed by atoms with Gasteiger partial charge in [0.05, 0.1) is 12.1 Å². The van der Waals surface area contributed by atoms with E-state index in [1.54, 1.807) is 7.11 Å². The largest absolute Gasteiger partial charge is 0.380 e. The zero-order valence-corrected chi connectivity index (χ0v) is 10.5. The zero-order valence-electron chi connectivity index (χ0n) is 10.5. The maximum absolute atomic E-state index is 11.5. The van der Waals surface area contributed by atoms with Crippen molar-refractivity contribution in [2.24, 2.45) is 5.92 Å².